The molecule has 1 aliphatic carbocycles. The normalized spacial score (nSPS) is 26.7. The summed E-state index contributed by atoms with van der Waals surface area (Å²) in [6, 6.07) is 15.4. The molecule has 8 heteroatoms. The highest BCUT2D eigenvalue weighted by Crippen LogP contribution is 2.53. The van der Waals surface area contributed by atoms with Gasteiger partial charge in [0.05, 0.1) is 18.9 Å². The molecule has 3 atom stereocenters. The number of piperidine rings is 1. The summed E-state index contributed by atoms with van der Waals surface area (Å²) in [4.78, 5) is 15.0. The van der Waals surface area contributed by atoms with E-state index >= 15 is 0 Å². The number of hydrogen-bond donors (Lipinski definition) is 2. The number of nitrogens with one attached hydrogen (secondary N) is 1. The van der Waals surface area contributed by atoms with Crippen molar-refractivity contribution < 1.29 is 27.8 Å². The Labute approximate surface area is 215 Å². The van der Waals surface area contributed by atoms with E-state index in [2.05, 4.69) is 11.9 Å². The Balaban J connectivity index is 1.72. The van der Waals surface area contributed by atoms with Crippen LogP contribution in [-0.2, 0) is 10.2 Å². The van der Waals surface area contributed by atoms with Gasteiger partial charge >= 0.3 is 6.18 Å². The molecule has 1 saturated carbocycles. The van der Waals surface area contributed by atoms with Crippen molar-refractivity contribution >= 4 is 12.0 Å². The number of halogens is 3. The van der Waals surface area contributed by atoms with Gasteiger partial charge in [-0.2, -0.15) is 13.2 Å². The fraction of sp³-hybridized carbons (Fsp3) is 0.414. The SMILES string of the molecule is C=CCN1CC2(O)CCCC[C@@]2(c2cccc(OC)c2)C[C@H]1NC(=O)C(=Cc1ccccc1)C(F)(F)F. The van der Waals surface area contributed by atoms with Crippen molar-refractivity contribution in [2.24, 2.45) is 0 Å². The van der Waals surface area contributed by atoms with Crippen LogP contribution >= 0.6 is 0 Å². The number of likely N-dealkylation sites (tertiary alicyclic amines) is 1. The predicted molar refractivity (Wildman–Crippen MR) is 137 cm³/mol. The highest BCUT2D eigenvalue weighted by molar-refractivity contribution is 5.99. The molecule has 1 saturated heterocycles. The maximum absolute atomic E-state index is 14.0. The first kappa shape index (κ1) is 26.9. The van der Waals surface area contributed by atoms with Crippen LogP contribution in [0.25, 0.3) is 6.08 Å². The number of rotatable bonds is 7. The van der Waals surface area contributed by atoms with Crippen molar-refractivity contribution in [1.29, 1.82) is 0 Å². The van der Waals surface area contributed by atoms with Crippen molar-refractivity contribution in [3.05, 3.63) is 84.0 Å². The van der Waals surface area contributed by atoms with Crippen molar-refractivity contribution in [3.8, 4) is 5.75 Å². The highest BCUT2D eigenvalue weighted by Gasteiger charge is 2.58. The number of benzene rings is 2. The van der Waals surface area contributed by atoms with E-state index in [0.29, 0.717) is 25.1 Å². The third-order valence-corrected chi connectivity index (χ3v) is 7.73. The van der Waals surface area contributed by atoms with Crippen LogP contribution in [0.5, 0.6) is 5.75 Å². The number of hydrogen-bond acceptors (Lipinski definition) is 4. The van der Waals surface area contributed by atoms with Gasteiger partial charge in [-0.05, 0) is 48.6 Å². The second-order valence-corrected chi connectivity index (χ2v) is 9.93. The molecule has 2 aliphatic rings. The van der Waals surface area contributed by atoms with Crippen molar-refractivity contribution in [3.63, 3.8) is 0 Å². The molecule has 37 heavy (non-hydrogen) atoms. The first-order valence-electron chi connectivity index (χ1n) is 12.5. The molecule has 0 radical (unpaired) electrons. The second-order valence-electron chi connectivity index (χ2n) is 9.93. The smallest absolute Gasteiger partial charge is 0.421 e. The van der Waals surface area contributed by atoms with Crippen LogP contribution < -0.4 is 10.1 Å². The van der Waals surface area contributed by atoms with Gasteiger partial charge in [0.2, 0.25) is 0 Å². The Morgan fingerprint density at radius 3 is 2.59 bits per heavy atom. The summed E-state index contributed by atoms with van der Waals surface area (Å²) in [5.74, 6) is -0.559. The van der Waals surface area contributed by atoms with Crippen LogP contribution in [0.15, 0.2) is 72.8 Å². The summed E-state index contributed by atoms with van der Waals surface area (Å²) in [7, 11) is 1.57. The van der Waals surface area contributed by atoms with E-state index in [-0.39, 0.29) is 18.5 Å². The van der Waals surface area contributed by atoms with E-state index in [0.717, 1.165) is 24.5 Å². The molecular formula is C29H33F3N2O3. The maximum atomic E-state index is 14.0. The first-order valence-corrected chi connectivity index (χ1v) is 12.5. The molecule has 0 spiro atoms. The van der Waals surface area contributed by atoms with Gasteiger partial charge in [-0.1, -0.05) is 61.4 Å². The molecule has 1 amide bonds. The van der Waals surface area contributed by atoms with Gasteiger partial charge in [0.1, 0.15) is 11.3 Å². The number of ether oxygens (including phenoxy) is 1. The van der Waals surface area contributed by atoms with Crippen molar-refractivity contribution in [2.75, 3.05) is 20.2 Å². The number of carbonyl (C=O) groups excluding carboxylic acids is 1. The van der Waals surface area contributed by atoms with Gasteiger partial charge in [-0.3, -0.25) is 9.69 Å². The quantitative estimate of drug-likeness (QED) is 0.393. The molecule has 2 fully saturated rings. The van der Waals surface area contributed by atoms with Crippen LogP contribution in [0.4, 0.5) is 13.2 Å². The molecule has 1 heterocycles. The van der Waals surface area contributed by atoms with Crippen LogP contribution in [0.1, 0.15) is 43.2 Å². The van der Waals surface area contributed by atoms with Gasteiger partial charge in [-0.15, -0.1) is 6.58 Å². The average Bonchev–Trinajstić information content (AvgIpc) is 2.87. The van der Waals surface area contributed by atoms with E-state index in [9.17, 15) is 23.1 Å². The Morgan fingerprint density at radius 1 is 1.19 bits per heavy atom. The van der Waals surface area contributed by atoms with Gasteiger partial charge in [0.15, 0.2) is 0 Å². The minimum Gasteiger partial charge on any atom is -0.497 e. The number of amides is 1. The van der Waals surface area contributed by atoms with Crippen LogP contribution in [0, 0.1) is 0 Å². The summed E-state index contributed by atoms with van der Waals surface area (Å²) in [5, 5.41) is 14.7. The van der Waals surface area contributed by atoms with E-state index in [1.165, 1.54) is 12.1 Å². The average molecular weight is 515 g/mol. The van der Waals surface area contributed by atoms with Gasteiger partial charge < -0.3 is 15.2 Å². The van der Waals surface area contributed by atoms with E-state index < -0.39 is 34.8 Å². The largest absolute Gasteiger partial charge is 0.497 e. The summed E-state index contributed by atoms with van der Waals surface area (Å²) in [6.45, 7) is 4.29. The van der Waals surface area contributed by atoms with Gasteiger partial charge in [0.25, 0.3) is 5.91 Å². The van der Waals surface area contributed by atoms with Crippen LogP contribution in [-0.4, -0.2) is 54.1 Å². The Morgan fingerprint density at radius 2 is 1.92 bits per heavy atom. The zero-order valence-electron chi connectivity index (χ0n) is 20.9. The molecule has 5 nitrogen and oxygen atoms in total. The monoisotopic (exact) mass is 514 g/mol. The standard InChI is InChI=1S/C29H33F3N2O3/c1-3-16-34-20-28(36)15-8-7-14-27(28,22-12-9-13-23(18-22)37-2)19-25(34)33-26(35)24(29(30,31)32)17-21-10-5-4-6-11-21/h3-6,9-13,17-18,25,36H,1,7-8,14-16,19-20H2,2H3,(H,33,35)/t25-,27-,28?/m0/s1. The van der Waals surface area contributed by atoms with Crippen LogP contribution in [0.3, 0.4) is 0 Å². The molecule has 0 bridgehead atoms. The summed E-state index contributed by atoms with van der Waals surface area (Å²) in [5.41, 5.74) is -1.99. The third-order valence-electron chi connectivity index (χ3n) is 7.73. The maximum Gasteiger partial charge on any atom is 0.421 e. The minimum absolute atomic E-state index is 0.199. The molecule has 0 aromatic heterocycles. The number of β-amino-alcohol motifs (C(OH)–C–C–N with tert-alkyl or cyclic N) is 1. The number of carbonyl (C=O) groups is 1. The Hall–Kier alpha value is -3.10. The lowest BCUT2D eigenvalue weighted by Gasteiger charge is -2.59. The topological polar surface area (TPSA) is 61.8 Å². The molecule has 4 rings (SSSR count). The number of nitrogens with zero attached hydrogens (tertiary/aromatic N) is 1. The first-order chi connectivity index (χ1) is 17.6. The number of alkyl halides is 3. The predicted octanol–water partition coefficient (Wildman–Crippen LogP) is 5.22. The fourth-order valence-electron chi connectivity index (χ4n) is 5.92. The number of fused-ring (bicyclic) bond motifs is 1. The van der Waals surface area contributed by atoms with Crippen molar-refractivity contribution in [2.45, 2.75) is 55.5 Å². The Kier molecular flexibility index (Phi) is 7.80. The molecule has 2 aromatic carbocycles. The van der Waals surface area contributed by atoms with Crippen LogP contribution in [0.2, 0.25) is 0 Å². The van der Waals surface area contributed by atoms with Gasteiger partial charge in [0, 0.05) is 18.5 Å². The lowest BCUT2D eigenvalue weighted by atomic mass is 9.55. The molecule has 1 aliphatic heterocycles. The molecular weight excluding hydrogens is 481 g/mol. The number of methoxy groups -OCH3 is 1. The van der Waals surface area contributed by atoms with Gasteiger partial charge in [-0.25, -0.2) is 0 Å². The van der Waals surface area contributed by atoms with E-state index in [1.807, 2.05) is 29.2 Å². The van der Waals surface area contributed by atoms with E-state index in [1.54, 1.807) is 31.4 Å². The third kappa shape index (κ3) is 5.45. The minimum atomic E-state index is -4.84. The number of aliphatic hydroxyl groups is 1. The lowest BCUT2D eigenvalue weighted by molar-refractivity contribution is -0.149. The Bertz CT molecular complexity index is 1150. The zero-order valence-corrected chi connectivity index (χ0v) is 20.9. The summed E-state index contributed by atoms with van der Waals surface area (Å²) < 4.78 is 47.4. The second kappa shape index (κ2) is 10.7. The molecule has 2 N–H and O–H groups in total. The zero-order chi connectivity index (χ0) is 26.7. The summed E-state index contributed by atoms with van der Waals surface area (Å²) in [6.07, 6.45) is 0.0936. The molecule has 2 aromatic rings. The molecule has 198 valence electrons. The van der Waals surface area contributed by atoms with E-state index in [4.69, 9.17) is 4.74 Å². The lowest BCUT2D eigenvalue weighted by Crippen LogP contribution is -2.69. The summed E-state index contributed by atoms with van der Waals surface area (Å²) >= 11 is 0. The highest BCUT2D eigenvalue weighted by atomic mass is 19.4. The molecule has 1 unspecified atom stereocenters. The van der Waals surface area contributed by atoms with Crippen molar-refractivity contribution in [1.82, 2.24) is 10.2 Å². The fourth-order valence-corrected chi connectivity index (χ4v) is 5.92.